The molecule has 3 aromatic carbocycles. The van der Waals surface area contributed by atoms with Crippen LogP contribution in [0.2, 0.25) is 5.02 Å². The van der Waals surface area contributed by atoms with Crippen LogP contribution in [0.5, 0.6) is 11.5 Å². The second-order valence-corrected chi connectivity index (χ2v) is 8.12. The number of rotatable bonds is 6. The van der Waals surface area contributed by atoms with E-state index in [0.29, 0.717) is 38.3 Å². The summed E-state index contributed by atoms with van der Waals surface area (Å²) in [4.78, 5) is 29.3. The first kappa shape index (κ1) is 21.0. The molecule has 31 heavy (non-hydrogen) atoms. The van der Waals surface area contributed by atoms with Gasteiger partial charge < -0.3 is 9.47 Å². The minimum Gasteiger partial charge on any atom is -0.497 e. The smallest absolute Gasteiger partial charge is 0.272 e. The van der Waals surface area contributed by atoms with Gasteiger partial charge in [0, 0.05) is 15.5 Å². The molecule has 0 N–H and O–H groups in total. The molecule has 0 atom stereocenters. The third-order valence-corrected chi connectivity index (χ3v) is 6.12. The lowest BCUT2D eigenvalue weighted by molar-refractivity contribution is -0.119. The number of para-hydroxylation sites is 1. The van der Waals surface area contributed by atoms with Gasteiger partial charge in [-0.1, -0.05) is 41.6 Å². The highest BCUT2D eigenvalue weighted by atomic mass is 35.5. The quantitative estimate of drug-likeness (QED) is 0.467. The number of hydrogen-bond donors (Lipinski definition) is 0. The van der Waals surface area contributed by atoms with E-state index in [1.165, 1.54) is 23.8 Å². The average molecular weight is 452 g/mol. The Hall–Kier alpha value is -3.22. The van der Waals surface area contributed by atoms with Crippen LogP contribution >= 0.6 is 23.4 Å². The fourth-order valence-corrected chi connectivity index (χ4v) is 4.39. The first-order valence-electron chi connectivity index (χ1n) is 9.37. The molecule has 7 heteroatoms. The van der Waals surface area contributed by atoms with Gasteiger partial charge in [-0.25, -0.2) is 4.90 Å². The summed E-state index contributed by atoms with van der Waals surface area (Å²) in [6, 6.07) is 21.1. The minimum absolute atomic E-state index is 0.304. The maximum absolute atomic E-state index is 13.5. The molecule has 0 radical (unpaired) electrons. The van der Waals surface area contributed by atoms with Crippen molar-refractivity contribution in [1.82, 2.24) is 0 Å². The topological polar surface area (TPSA) is 55.8 Å². The fraction of sp³-hybridized carbons (Fsp3) is 0.0833. The van der Waals surface area contributed by atoms with Crippen molar-refractivity contribution in [1.29, 1.82) is 0 Å². The van der Waals surface area contributed by atoms with Crippen LogP contribution in [-0.4, -0.2) is 26.0 Å². The van der Waals surface area contributed by atoms with Crippen LogP contribution in [0.1, 0.15) is 5.56 Å². The zero-order valence-electron chi connectivity index (χ0n) is 16.8. The van der Waals surface area contributed by atoms with Gasteiger partial charge in [-0.15, -0.1) is 0 Å². The second-order valence-electron chi connectivity index (χ2n) is 6.60. The lowest BCUT2D eigenvalue weighted by Crippen LogP contribution is -2.31. The Morgan fingerprint density at radius 2 is 1.48 bits per heavy atom. The van der Waals surface area contributed by atoms with Gasteiger partial charge in [-0.2, -0.15) is 0 Å². The molecule has 3 aromatic rings. The van der Waals surface area contributed by atoms with Gasteiger partial charge in [0.25, 0.3) is 11.8 Å². The predicted octanol–water partition coefficient (Wildman–Crippen LogP) is 5.43. The second kappa shape index (κ2) is 8.88. The van der Waals surface area contributed by atoms with E-state index in [9.17, 15) is 9.59 Å². The largest absolute Gasteiger partial charge is 0.497 e. The first-order valence-corrected chi connectivity index (χ1v) is 10.6. The van der Waals surface area contributed by atoms with Gasteiger partial charge in [0.2, 0.25) is 0 Å². The van der Waals surface area contributed by atoms with Crippen molar-refractivity contribution >= 4 is 46.4 Å². The van der Waals surface area contributed by atoms with E-state index in [4.69, 9.17) is 21.1 Å². The number of hydrogen-bond acceptors (Lipinski definition) is 5. The third kappa shape index (κ3) is 4.04. The van der Waals surface area contributed by atoms with Gasteiger partial charge in [-0.05, 0) is 54.6 Å². The molecule has 0 saturated heterocycles. The van der Waals surface area contributed by atoms with Crippen molar-refractivity contribution in [3.05, 3.63) is 88.3 Å². The van der Waals surface area contributed by atoms with Crippen molar-refractivity contribution in [2.45, 2.75) is 4.90 Å². The minimum atomic E-state index is -0.406. The molecule has 4 rings (SSSR count). The number of thioether (sulfide) groups is 1. The molecule has 0 bridgehead atoms. The van der Waals surface area contributed by atoms with E-state index in [1.54, 1.807) is 55.6 Å². The lowest BCUT2D eigenvalue weighted by atomic mass is 10.0. The Balaban J connectivity index is 1.83. The molecular weight excluding hydrogens is 434 g/mol. The van der Waals surface area contributed by atoms with Crippen molar-refractivity contribution in [2.75, 3.05) is 19.1 Å². The summed E-state index contributed by atoms with van der Waals surface area (Å²) in [5, 5.41) is 0.594. The van der Waals surface area contributed by atoms with Crippen LogP contribution in [0.3, 0.4) is 0 Å². The molecule has 0 unspecified atom stereocenters. The molecule has 0 aliphatic carbocycles. The molecule has 0 fully saturated rings. The Morgan fingerprint density at radius 1 is 0.806 bits per heavy atom. The summed E-state index contributed by atoms with van der Waals surface area (Å²) in [6.07, 6.45) is 0. The number of amides is 2. The highest BCUT2D eigenvalue weighted by Crippen LogP contribution is 2.43. The fourth-order valence-electron chi connectivity index (χ4n) is 3.28. The average Bonchev–Trinajstić information content (AvgIpc) is 3.04. The maximum Gasteiger partial charge on any atom is 0.272 e. The van der Waals surface area contributed by atoms with Crippen LogP contribution in [0.4, 0.5) is 5.69 Å². The summed E-state index contributed by atoms with van der Waals surface area (Å²) < 4.78 is 10.7. The summed E-state index contributed by atoms with van der Waals surface area (Å²) >= 11 is 7.22. The number of carbonyl (C=O) groups excluding carboxylic acids is 2. The molecule has 5 nitrogen and oxygen atoms in total. The molecule has 1 aliphatic rings. The standard InChI is InChI=1S/C24H18ClNO4S/c1-29-17-11-9-16(10-12-17)26-23(27)21(19-5-3-4-6-20(19)30-2)22(24(26)28)31-18-13-7-15(25)8-14-18/h3-14H,1-2H3. The monoisotopic (exact) mass is 451 g/mol. The normalized spacial score (nSPS) is 13.7. The Kier molecular flexibility index (Phi) is 6.02. The molecule has 156 valence electrons. The van der Waals surface area contributed by atoms with E-state index in [1.807, 2.05) is 24.3 Å². The highest BCUT2D eigenvalue weighted by Gasteiger charge is 2.41. The number of halogens is 1. The van der Waals surface area contributed by atoms with E-state index >= 15 is 0 Å². The number of nitrogens with zero attached hydrogens (tertiary/aromatic N) is 1. The van der Waals surface area contributed by atoms with Crippen molar-refractivity contribution in [2.24, 2.45) is 0 Å². The summed E-state index contributed by atoms with van der Waals surface area (Å²) in [5.74, 6) is 0.355. The zero-order chi connectivity index (χ0) is 22.0. The van der Waals surface area contributed by atoms with Crippen molar-refractivity contribution in [3.63, 3.8) is 0 Å². The number of ether oxygens (including phenoxy) is 2. The van der Waals surface area contributed by atoms with Gasteiger partial charge in [-0.3, -0.25) is 9.59 Å². The third-order valence-electron chi connectivity index (χ3n) is 4.78. The molecule has 2 amide bonds. The van der Waals surface area contributed by atoms with E-state index in [0.717, 1.165) is 4.90 Å². The van der Waals surface area contributed by atoms with Crippen LogP contribution in [0.15, 0.2) is 82.6 Å². The number of methoxy groups -OCH3 is 2. The van der Waals surface area contributed by atoms with Crippen molar-refractivity contribution in [3.8, 4) is 11.5 Å². The van der Waals surface area contributed by atoms with Crippen molar-refractivity contribution < 1.29 is 19.1 Å². The Morgan fingerprint density at radius 3 is 2.13 bits per heavy atom. The summed E-state index contributed by atoms with van der Waals surface area (Å²) in [6.45, 7) is 0. The van der Waals surface area contributed by atoms with E-state index in [-0.39, 0.29) is 0 Å². The van der Waals surface area contributed by atoms with Gasteiger partial charge in [0.15, 0.2) is 0 Å². The van der Waals surface area contributed by atoms with E-state index < -0.39 is 11.8 Å². The zero-order valence-corrected chi connectivity index (χ0v) is 18.4. The number of benzene rings is 3. The predicted molar refractivity (Wildman–Crippen MR) is 123 cm³/mol. The number of carbonyl (C=O) groups is 2. The lowest BCUT2D eigenvalue weighted by Gasteiger charge is -2.16. The van der Waals surface area contributed by atoms with Crippen LogP contribution in [0.25, 0.3) is 5.57 Å². The molecule has 0 saturated carbocycles. The Bertz CT molecular complexity index is 1170. The molecule has 0 spiro atoms. The SMILES string of the molecule is COc1ccc(N2C(=O)C(Sc3ccc(Cl)cc3)=C(c3ccccc3OC)C2=O)cc1. The maximum atomic E-state index is 13.5. The van der Waals surface area contributed by atoms with Gasteiger partial charge in [0.05, 0.1) is 30.4 Å². The van der Waals surface area contributed by atoms with Gasteiger partial charge >= 0.3 is 0 Å². The van der Waals surface area contributed by atoms with E-state index in [2.05, 4.69) is 0 Å². The molecule has 1 aliphatic heterocycles. The van der Waals surface area contributed by atoms with Crippen LogP contribution in [0, 0.1) is 0 Å². The number of imide groups is 1. The molecule has 0 aromatic heterocycles. The Labute approximate surface area is 189 Å². The summed E-state index contributed by atoms with van der Waals surface area (Å²) in [7, 11) is 3.09. The highest BCUT2D eigenvalue weighted by molar-refractivity contribution is 8.04. The molecular formula is C24H18ClNO4S. The number of anilines is 1. The van der Waals surface area contributed by atoms with Gasteiger partial charge in [0.1, 0.15) is 11.5 Å². The molecule has 1 heterocycles. The van der Waals surface area contributed by atoms with Crippen LogP contribution < -0.4 is 14.4 Å². The summed E-state index contributed by atoms with van der Waals surface area (Å²) in [5.41, 5.74) is 1.34. The first-order chi connectivity index (χ1) is 15.0. The van der Waals surface area contributed by atoms with Crippen LogP contribution in [-0.2, 0) is 9.59 Å².